The molecule has 1 aromatic carbocycles. The van der Waals surface area contributed by atoms with E-state index in [2.05, 4.69) is 43.2 Å². The molecule has 0 spiro atoms. The Hall–Kier alpha value is -2.10. The Morgan fingerprint density at radius 3 is 2.57 bits per heavy atom. The van der Waals surface area contributed by atoms with Crippen molar-refractivity contribution in [2.45, 2.75) is 39.8 Å². The number of aromatic nitrogens is 2. The maximum Gasteiger partial charge on any atom is 0.293 e. The Bertz CT molecular complexity index is 619. The van der Waals surface area contributed by atoms with Crippen LogP contribution < -0.4 is 10.9 Å². The van der Waals surface area contributed by atoms with E-state index in [1.54, 1.807) is 17.0 Å². The molecule has 4 heteroatoms. The molecule has 1 N–H and O–H groups in total. The SMILES string of the molecule is CCC(Nc1nccn(CC(C)C)c1=O)c1ccccc1. The lowest BCUT2D eigenvalue weighted by Gasteiger charge is -2.18. The van der Waals surface area contributed by atoms with E-state index >= 15 is 0 Å². The summed E-state index contributed by atoms with van der Waals surface area (Å²) in [5.74, 6) is 0.850. The van der Waals surface area contributed by atoms with Crippen molar-refractivity contribution in [3.8, 4) is 0 Å². The quantitative estimate of drug-likeness (QED) is 0.884. The Morgan fingerprint density at radius 1 is 1.24 bits per heavy atom. The van der Waals surface area contributed by atoms with Crippen LogP contribution >= 0.6 is 0 Å². The first-order valence-electron chi connectivity index (χ1n) is 7.48. The minimum Gasteiger partial charge on any atom is -0.359 e. The molecule has 0 fully saturated rings. The number of hydrogen-bond donors (Lipinski definition) is 1. The molecule has 0 aliphatic carbocycles. The second-order valence-corrected chi connectivity index (χ2v) is 5.64. The van der Waals surface area contributed by atoms with E-state index in [0.717, 1.165) is 6.42 Å². The summed E-state index contributed by atoms with van der Waals surface area (Å²) in [4.78, 5) is 16.6. The Labute approximate surface area is 125 Å². The van der Waals surface area contributed by atoms with Gasteiger partial charge in [-0.1, -0.05) is 51.1 Å². The third-order valence-electron chi connectivity index (χ3n) is 3.40. The zero-order valence-corrected chi connectivity index (χ0v) is 12.9. The normalized spacial score (nSPS) is 12.4. The largest absolute Gasteiger partial charge is 0.359 e. The van der Waals surface area contributed by atoms with E-state index in [-0.39, 0.29) is 11.6 Å². The maximum absolute atomic E-state index is 12.4. The fourth-order valence-electron chi connectivity index (χ4n) is 2.35. The highest BCUT2D eigenvalue weighted by atomic mass is 16.1. The van der Waals surface area contributed by atoms with Gasteiger partial charge in [-0.25, -0.2) is 4.98 Å². The Kier molecular flexibility index (Phi) is 5.14. The minimum absolute atomic E-state index is 0.0550. The topological polar surface area (TPSA) is 46.9 Å². The summed E-state index contributed by atoms with van der Waals surface area (Å²) in [6.45, 7) is 7.00. The van der Waals surface area contributed by atoms with Gasteiger partial charge in [-0.15, -0.1) is 0 Å². The Balaban J connectivity index is 2.24. The van der Waals surface area contributed by atoms with Crippen molar-refractivity contribution in [1.82, 2.24) is 9.55 Å². The summed E-state index contributed by atoms with van der Waals surface area (Å²) < 4.78 is 1.72. The van der Waals surface area contributed by atoms with E-state index in [9.17, 15) is 4.79 Å². The zero-order valence-electron chi connectivity index (χ0n) is 12.9. The van der Waals surface area contributed by atoms with Crippen molar-refractivity contribution in [1.29, 1.82) is 0 Å². The average molecular weight is 285 g/mol. The van der Waals surface area contributed by atoms with Crippen LogP contribution in [0.2, 0.25) is 0 Å². The fourth-order valence-corrected chi connectivity index (χ4v) is 2.35. The summed E-state index contributed by atoms with van der Waals surface area (Å²) in [7, 11) is 0. The van der Waals surface area contributed by atoms with E-state index in [1.807, 2.05) is 18.2 Å². The standard InChI is InChI=1S/C17H23N3O/c1-4-15(14-8-6-5-7-9-14)19-16-17(21)20(11-10-18-16)12-13(2)3/h5-11,13,15H,4,12H2,1-3H3,(H,18,19). The van der Waals surface area contributed by atoms with Crippen molar-refractivity contribution in [3.05, 3.63) is 58.6 Å². The van der Waals surface area contributed by atoms with Gasteiger partial charge in [0.25, 0.3) is 5.56 Å². The lowest BCUT2D eigenvalue weighted by atomic mass is 10.0. The maximum atomic E-state index is 12.4. The monoisotopic (exact) mass is 285 g/mol. The smallest absolute Gasteiger partial charge is 0.293 e. The summed E-state index contributed by atoms with van der Waals surface area (Å²) >= 11 is 0. The number of nitrogens with one attached hydrogen (secondary N) is 1. The highest BCUT2D eigenvalue weighted by Gasteiger charge is 2.13. The fraction of sp³-hybridized carbons (Fsp3) is 0.412. The number of nitrogens with zero attached hydrogens (tertiary/aromatic N) is 2. The third-order valence-corrected chi connectivity index (χ3v) is 3.40. The molecule has 2 aromatic rings. The number of hydrogen-bond acceptors (Lipinski definition) is 3. The van der Waals surface area contributed by atoms with Crippen LogP contribution in [0.25, 0.3) is 0 Å². The van der Waals surface area contributed by atoms with Crippen LogP contribution in [0, 0.1) is 5.92 Å². The number of benzene rings is 1. The molecular formula is C17H23N3O. The molecule has 0 aliphatic rings. The van der Waals surface area contributed by atoms with Gasteiger partial charge in [0.15, 0.2) is 5.82 Å². The van der Waals surface area contributed by atoms with Gasteiger partial charge in [0.2, 0.25) is 0 Å². The van der Waals surface area contributed by atoms with Crippen LogP contribution in [0.3, 0.4) is 0 Å². The molecule has 112 valence electrons. The molecule has 0 bridgehead atoms. The molecule has 0 radical (unpaired) electrons. The predicted molar refractivity (Wildman–Crippen MR) is 86.4 cm³/mol. The highest BCUT2D eigenvalue weighted by Crippen LogP contribution is 2.19. The molecule has 1 aromatic heterocycles. The van der Waals surface area contributed by atoms with Crippen LogP contribution in [0.1, 0.15) is 38.8 Å². The van der Waals surface area contributed by atoms with E-state index in [1.165, 1.54) is 5.56 Å². The summed E-state index contributed by atoms with van der Waals surface area (Å²) in [5, 5.41) is 3.28. The molecular weight excluding hydrogens is 262 g/mol. The van der Waals surface area contributed by atoms with Gasteiger partial charge in [0.1, 0.15) is 0 Å². The van der Waals surface area contributed by atoms with Crippen LogP contribution in [-0.4, -0.2) is 9.55 Å². The lowest BCUT2D eigenvalue weighted by molar-refractivity contribution is 0.509. The summed E-state index contributed by atoms with van der Waals surface area (Å²) in [6, 6.07) is 10.2. The molecule has 1 unspecified atom stereocenters. The molecule has 0 amide bonds. The van der Waals surface area contributed by atoms with Crippen LogP contribution in [0.5, 0.6) is 0 Å². The van der Waals surface area contributed by atoms with Gasteiger partial charge in [-0.2, -0.15) is 0 Å². The van der Waals surface area contributed by atoms with Crippen molar-refractivity contribution in [3.63, 3.8) is 0 Å². The van der Waals surface area contributed by atoms with Crippen molar-refractivity contribution >= 4 is 5.82 Å². The lowest BCUT2D eigenvalue weighted by Crippen LogP contribution is -2.27. The zero-order chi connectivity index (χ0) is 15.2. The van der Waals surface area contributed by atoms with Crippen molar-refractivity contribution in [2.75, 3.05) is 5.32 Å². The van der Waals surface area contributed by atoms with Crippen LogP contribution in [0.4, 0.5) is 5.82 Å². The molecule has 21 heavy (non-hydrogen) atoms. The first-order valence-corrected chi connectivity index (χ1v) is 7.48. The van der Waals surface area contributed by atoms with Crippen molar-refractivity contribution in [2.24, 2.45) is 5.92 Å². The van der Waals surface area contributed by atoms with Gasteiger partial charge in [0, 0.05) is 18.9 Å². The van der Waals surface area contributed by atoms with Crippen LogP contribution in [-0.2, 0) is 6.54 Å². The van der Waals surface area contributed by atoms with E-state index < -0.39 is 0 Å². The van der Waals surface area contributed by atoms with E-state index in [4.69, 9.17) is 0 Å². The first-order chi connectivity index (χ1) is 10.1. The van der Waals surface area contributed by atoms with Gasteiger partial charge < -0.3 is 9.88 Å². The molecule has 0 saturated carbocycles. The predicted octanol–water partition coefficient (Wildman–Crippen LogP) is 3.46. The second-order valence-electron chi connectivity index (χ2n) is 5.64. The highest BCUT2D eigenvalue weighted by molar-refractivity contribution is 5.36. The molecule has 1 atom stereocenters. The number of rotatable bonds is 6. The third kappa shape index (κ3) is 3.94. The first kappa shape index (κ1) is 15.3. The van der Waals surface area contributed by atoms with Crippen molar-refractivity contribution < 1.29 is 0 Å². The van der Waals surface area contributed by atoms with Gasteiger partial charge in [-0.05, 0) is 17.9 Å². The van der Waals surface area contributed by atoms with E-state index in [0.29, 0.717) is 18.3 Å². The number of anilines is 1. The molecule has 2 rings (SSSR count). The Morgan fingerprint density at radius 2 is 1.95 bits per heavy atom. The van der Waals surface area contributed by atoms with Gasteiger partial charge in [0.05, 0.1) is 6.04 Å². The summed E-state index contributed by atoms with van der Waals surface area (Å²) in [6.07, 6.45) is 4.32. The summed E-state index contributed by atoms with van der Waals surface area (Å²) in [5.41, 5.74) is 1.11. The van der Waals surface area contributed by atoms with Gasteiger partial charge in [-0.3, -0.25) is 4.79 Å². The molecule has 4 nitrogen and oxygen atoms in total. The van der Waals surface area contributed by atoms with Gasteiger partial charge >= 0.3 is 0 Å². The second kappa shape index (κ2) is 7.07. The molecule has 0 aliphatic heterocycles. The van der Waals surface area contributed by atoms with Crippen LogP contribution in [0.15, 0.2) is 47.5 Å². The molecule has 1 heterocycles. The minimum atomic E-state index is -0.0550. The average Bonchev–Trinajstić information content (AvgIpc) is 2.48. The molecule has 0 saturated heterocycles.